The molecule has 0 radical (unpaired) electrons. The first-order valence-electron chi connectivity index (χ1n) is 14.3. The molecule has 5 rings (SSSR count). The van der Waals surface area contributed by atoms with E-state index in [0.717, 1.165) is 22.6 Å². The summed E-state index contributed by atoms with van der Waals surface area (Å²) in [4.78, 5) is 28.6. The molecule has 1 aliphatic heterocycles. The molecule has 8 heteroatoms. The summed E-state index contributed by atoms with van der Waals surface area (Å²) < 4.78 is 17.8. The van der Waals surface area contributed by atoms with Gasteiger partial charge < -0.3 is 29.1 Å². The smallest absolute Gasteiger partial charge is 0.348 e. The quantitative estimate of drug-likeness (QED) is 0.191. The molecule has 1 saturated heterocycles. The van der Waals surface area contributed by atoms with Crippen molar-refractivity contribution in [2.45, 2.75) is 38.0 Å². The molecule has 2 atom stereocenters. The standard InChI is InChI=1S/C35H36N2O6/c1-35(33(38)39,43-31-13-7-4-8-14-31)23-26-16-18-29(19-17-26)41-21-20-28-25-37(34(40)36(28)2)24-27-10-9-15-32(22-27)42-30-11-5-3-6-12-30/h3-19,22,28H,20-21,23-25H2,1-2H3,(H,38,39)/t28-,35+/m1/s1. The van der Waals surface area contributed by atoms with Gasteiger partial charge in [0, 0.05) is 33.0 Å². The van der Waals surface area contributed by atoms with Crippen LogP contribution in [0.3, 0.4) is 0 Å². The van der Waals surface area contributed by atoms with Crippen LogP contribution in [0.5, 0.6) is 23.0 Å². The van der Waals surface area contributed by atoms with Crippen molar-refractivity contribution >= 4 is 12.0 Å². The Morgan fingerprint density at radius 1 is 0.837 bits per heavy atom. The van der Waals surface area contributed by atoms with Gasteiger partial charge in [0.1, 0.15) is 23.0 Å². The van der Waals surface area contributed by atoms with E-state index in [-0.39, 0.29) is 18.5 Å². The van der Waals surface area contributed by atoms with Crippen LogP contribution in [0.15, 0.2) is 109 Å². The highest BCUT2D eigenvalue weighted by atomic mass is 16.5. The number of carbonyl (C=O) groups excluding carboxylic acids is 1. The SMILES string of the molecule is CN1C(=O)N(Cc2cccc(Oc3ccccc3)c2)C[C@H]1CCOc1ccc(C[C@](C)(Oc2ccccc2)C(=O)O)cc1. The molecule has 0 saturated carbocycles. The number of hydrogen-bond donors (Lipinski definition) is 1. The van der Waals surface area contributed by atoms with Crippen molar-refractivity contribution in [2.24, 2.45) is 0 Å². The lowest BCUT2D eigenvalue weighted by atomic mass is 9.96. The van der Waals surface area contributed by atoms with Crippen molar-refractivity contribution in [1.29, 1.82) is 0 Å². The number of likely N-dealkylation sites (N-methyl/N-ethyl adjacent to an activating group) is 1. The van der Waals surface area contributed by atoms with Crippen LogP contribution >= 0.6 is 0 Å². The second-order valence-electron chi connectivity index (χ2n) is 10.9. The number of ether oxygens (including phenoxy) is 3. The predicted octanol–water partition coefficient (Wildman–Crippen LogP) is 6.65. The molecule has 0 bridgehead atoms. The van der Waals surface area contributed by atoms with Gasteiger partial charge in [-0.25, -0.2) is 9.59 Å². The molecule has 8 nitrogen and oxygen atoms in total. The zero-order valence-corrected chi connectivity index (χ0v) is 24.4. The molecule has 222 valence electrons. The lowest BCUT2D eigenvalue weighted by Crippen LogP contribution is -2.43. The van der Waals surface area contributed by atoms with Gasteiger partial charge in [0.15, 0.2) is 0 Å². The third kappa shape index (κ3) is 7.65. The van der Waals surface area contributed by atoms with Crippen LogP contribution in [0.4, 0.5) is 4.79 Å². The lowest BCUT2D eigenvalue weighted by Gasteiger charge is -2.26. The highest BCUT2D eigenvalue weighted by molar-refractivity contribution is 5.78. The zero-order chi connectivity index (χ0) is 30.2. The first-order valence-corrected chi connectivity index (χ1v) is 14.3. The fourth-order valence-corrected chi connectivity index (χ4v) is 5.11. The second kappa shape index (κ2) is 13.3. The highest BCUT2D eigenvalue weighted by Crippen LogP contribution is 2.26. The summed E-state index contributed by atoms with van der Waals surface area (Å²) in [6, 6.07) is 33.8. The van der Waals surface area contributed by atoms with E-state index in [1.54, 1.807) is 24.0 Å². The number of carboxylic acid groups (broad SMARTS) is 1. The van der Waals surface area contributed by atoms with Crippen molar-refractivity contribution in [3.63, 3.8) is 0 Å². The van der Waals surface area contributed by atoms with Gasteiger partial charge in [-0.1, -0.05) is 60.7 Å². The Morgan fingerprint density at radius 3 is 2.16 bits per heavy atom. The summed E-state index contributed by atoms with van der Waals surface area (Å²) in [5.41, 5.74) is 0.411. The van der Waals surface area contributed by atoms with Gasteiger partial charge in [-0.2, -0.15) is 0 Å². The van der Waals surface area contributed by atoms with E-state index in [0.29, 0.717) is 37.6 Å². The molecule has 2 amide bonds. The fraction of sp³-hybridized carbons (Fsp3) is 0.257. The minimum Gasteiger partial charge on any atom is -0.494 e. The Kier molecular flexibility index (Phi) is 9.15. The average molecular weight is 581 g/mol. The minimum atomic E-state index is -1.41. The van der Waals surface area contributed by atoms with E-state index < -0.39 is 11.6 Å². The van der Waals surface area contributed by atoms with Gasteiger partial charge in [-0.15, -0.1) is 0 Å². The average Bonchev–Trinajstić information content (AvgIpc) is 3.27. The molecule has 1 aliphatic rings. The lowest BCUT2D eigenvalue weighted by molar-refractivity contribution is -0.153. The second-order valence-corrected chi connectivity index (χ2v) is 10.9. The van der Waals surface area contributed by atoms with Gasteiger partial charge >= 0.3 is 12.0 Å². The van der Waals surface area contributed by atoms with Crippen LogP contribution in [0.2, 0.25) is 0 Å². The molecule has 0 aliphatic carbocycles. The predicted molar refractivity (Wildman–Crippen MR) is 164 cm³/mol. The van der Waals surface area contributed by atoms with E-state index in [4.69, 9.17) is 14.2 Å². The molecule has 1 fully saturated rings. The largest absolute Gasteiger partial charge is 0.494 e. The maximum Gasteiger partial charge on any atom is 0.348 e. The Labute approximate surface area is 252 Å². The summed E-state index contributed by atoms with van der Waals surface area (Å²) >= 11 is 0. The Balaban J connectivity index is 1.11. The van der Waals surface area contributed by atoms with E-state index in [2.05, 4.69) is 0 Å². The first kappa shape index (κ1) is 29.5. The van der Waals surface area contributed by atoms with Crippen molar-refractivity contribution in [3.05, 3.63) is 120 Å². The number of nitrogens with zero attached hydrogens (tertiary/aromatic N) is 2. The molecule has 0 aromatic heterocycles. The van der Waals surface area contributed by atoms with Gasteiger partial charge in [0.25, 0.3) is 0 Å². The summed E-state index contributed by atoms with van der Waals surface area (Å²) in [6.07, 6.45) is 0.878. The monoisotopic (exact) mass is 580 g/mol. The van der Waals surface area contributed by atoms with E-state index in [1.807, 2.05) is 109 Å². The summed E-state index contributed by atoms with van der Waals surface area (Å²) in [7, 11) is 1.83. The van der Waals surface area contributed by atoms with Crippen LogP contribution in [-0.4, -0.2) is 58.7 Å². The minimum absolute atomic E-state index is 0.0112. The van der Waals surface area contributed by atoms with Gasteiger partial charge in [-0.3, -0.25) is 0 Å². The molecular formula is C35H36N2O6. The summed E-state index contributed by atoms with van der Waals surface area (Å²) in [5, 5.41) is 9.85. The number of hydrogen-bond acceptors (Lipinski definition) is 5. The molecule has 1 heterocycles. The third-order valence-electron chi connectivity index (χ3n) is 7.53. The molecule has 1 N–H and O–H groups in total. The van der Waals surface area contributed by atoms with Crippen LogP contribution in [0, 0.1) is 0 Å². The highest BCUT2D eigenvalue weighted by Gasteiger charge is 2.36. The maximum absolute atomic E-state index is 13.0. The van der Waals surface area contributed by atoms with Crippen LogP contribution in [-0.2, 0) is 17.8 Å². The van der Waals surface area contributed by atoms with E-state index >= 15 is 0 Å². The normalized spacial score (nSPS) is 16.0. The van der Waals surface area contributed by atoms with Crippen molar-refractivity contribution < 1.29 is 28.9 Å². The topological polar surface area (TPSA) is 88.5 Å². The Hall–Kier alpha value is -4.98. The Bertz CT molecular complexity index is 1510. The molecule has 4 aromatic rings. The van der Waals surface area contributed by atoms with Gasteiger partial charge in [-0.05, 0) is 66.6 Å². The molecule has 0 spiro atoms. The number of para-hydroxylation sites is 2. The zero-order valence-electron chi connectivity index (χ0n) is 24.4. The van der Waals surface area contributed by atoms with Crippen LogP contribution in [0.1, 0.15) is 24.5 Å². The molecule has 4 aromatic carbocycles. The van der Waals surface area contributed by atoms with Crippen molar-refractivity contribution in [1.82, 2.24) is 9.80 Å². The van der Waals surface area contributed by atoms with Gasteiger partial charge in [0.2, 0.25) is 5.60 Å². The van der Waals surface area contributed by atoms with E-state index in [9.17, 15) is 14.7 Å². The number of benzene rings is 4. The first-order chi connectivity index (χ1) is 20.8. The molecule has 43 heavy (non-hydrogen) atoms. The van der Waals surface area contributed by atoms with Gasteiger partial charge in [0.05, 0.1) is 12.6 Å². The number of amides is 2. The number of aliphatic carboxylic acids is 1. The number of rotatable bonds is 13. The number of carbonyl (C=O) groups is 2. The number of urea groups is 1. The summed E-state index contributed by atoms with van der Waals surface area (Å²) in [6.45, 7) is 3.12. The maximum atomic E-state index is 13.0. The number of carboxylic acids is 1. The van der Waals surface area contributed by atoms with Crippen LogP contribution < -0.4 is 14.2 Å². The third-order valence-corrected chi connectivity index (χ3v) is 7.53. The van der Waals surface area contributed by atoms with Crippen LogP contribution in [0.25, 0.3) is 0 Å². The van der Waals surface area contributed by atoms with E-state index in [1.165, 1.54) is 0 Å². The molecule has 0 unspecified atom stereocenters. The van der Waals surface area contributed by atoms with Crippen molar-refractivity contribution in [2.75, 3.05) is 20.2 Å². The fourth-order valence-electron chi connectivity index (χ4n) is 5.11. The Morgan fingerprint density at radius 2 is 1.49 bits per heavy atom. The summed E-state index contributed by atoms with van der Waals surface area (Å²) in [5.74, 6) is 1.66. The molecular weight excluding hydrogens is 544 g/mol. The van der Waals surface area contributed by atoms with Crippen molar-refractivity contribution in [3.8, 4) is 23.0 Å².